The van der Waals surface area contributed by atoms with Gasteiger partial charge in [0.25, 0.3) is 0 Å². The molecule has 1 heterocycles. The van der Waals surface area contributed by atoms with E-state index in [2.05, 4.69) is 17.6 Å². The lowest BCUT2D eigenvalue weighted by Gasteiger charge is -2.34. The molecule has 0 bridgehead atoms. The summed E-state index contributed by atoms with van der Waals surface area (Å²) in [5.41, 5.74) is 1.78. The minimum Gasteiger partial charge on any atom is -0.325 e. The number of hydrogen-bond donors (Lipinski definition) is 2. The lowest BCUT2D eigenvalue weighted by molar-refractivity contribution is -0.119. The van der Waals surface area contributed by atoms with Crippen LogP contribution in [0.5, 0.6) is 0 Å². The number of amides is 1. The molecular weight excluding hydrogens is 332 g/mol. The molecule has 0 unspecified atom stereocenters. The Labute approximate surface area is 142 Å². The van der Waals surface area contributed by atoms with E-state index >= 15 is 0 Å². The van der Waals surface area contributed by atoms with Crippen LogP contribution in [0.3, 0.4) is 0 Å². The first kappa shape index (κ1) is 18.3. The highest BCUT2D eigenvalue weighted by molar-refractivity contribution is 7.98. The molecule has 128 valence electrons. The summed E-state index contributed by atoms with van der Waals surface area (Å²) in [4.78, 5) is 12.7. The van der Waals surface area contributed by atoms with Crippen LogP contribution in [-0.2, 0) is 20.4 Å². The van der Waals surface area contributed by atoms with Crippen molar-refractivity contribution in [2.75, 3.05) is 30.4 Å². The fourth-order valence-electron chi connectivity index (χ4n) is 2.80. The van der Waals surface area contributed by atoms with Crippen molar-refractivity contribution >= 4 is 33.2 Å². The zero-order valence-corrected chi connectivity index (χ0v) is 15.2. The minimum atomic E-state index is -3.49. The van der Waals surface area contributed by atoms with Crippen LogP contribution in [0.4, 0.5) is 5.69 Å². The Balaban J connectivity index is 2.19. The maximum absolute atomic E-state index is 12.7. The molecule has 0 saturated carbocycles. The van der Waals surface area contributed by atoms with E-state index in [1.54, 1.807) is 17.8 Å². The number of piperidine rings is 1. The van der Waals surface area contributed by atoms with Crippen LogP contribution in [0, 0.1) is 0 Å². The van der Waals surface area contributed by atoms with Crippen molar-refractivity contribution in [3.8, 4) is 0 Å². The van der Waals surface area contributed by atoms with Gasteiger partial charge in [0.15, 0.2) is 14.6 Å². The Kier molecular flexibility index (Phi) is 6.11. The summed E-state index contributed by atoms with van der Waals surface area (Å²) in [5.74, 6) is 1.49. The topological polar surface area (TPSA) is 75.3 Å². The van der Waals surface area contributed by atoms with Crippen LogP contribution in [-0.4, -0.2) is 44.2 Å². The quantitative estimate of drug-likeness (QED) is 0.816. The summed E-state index contributed by atoms with van der Waals surface area (Å²) in [7, 11) is -3.49. The minimum absolute atomic E-state index is 0.309. The molecule has 1 amide bonds. The van der Waals surface area contributed by atoms with Gasteiger partial charge in [0.2, 0.25) is 5.91 Å². The van der Waals surface area contributed by atoms with Crippen LogP contribution in [0.15, 0.2) is 24.3 Å². The van der Waals surface area contributed by atoms with Crippen molar-refractivity contribution in [3.05, 3.63) is 29.8 Å². The Bertz CT molecular complexity index is 653. The predicted molar refractivity (Wildman–Crippen MR) is 96.6 cm³/mol. The van der Waals surface area contributed by atoms with Crippen LogP contribution >= 0.6 is 11.8 Å². The number of hydrogen-bond acceptors (Lipinski definition) is 5. The fraction of sp³-hybridized carbons (Fsp3) is 0.562. The first-order valence-electron chi connectivity index (χ1n) is 7.77. The zero-order valence-electron chi connectivity index (χ0n) is 13.6. The van der Waals surface area contributed by atoms with E-state index in [4.69, 9.17) is 0 Å². The van der Waals surface area contributed by atoms with Crippen LogP contribution in [0.25, 0.3) is 0 Å². The van der Waals surface area contributed by atoms with E-state index in [1.807, 2.05) is 18.2 Å². The molecule has 0 atom stereocenters. The molecule has 1 fully saturated rings. The van der Waals surface area contributed by atoms with Gasteiger partial charge in [0.05, 0.1) is 0 Å². The van der Waals surface area contributed by atoms with Gasteiger partial charge in [-0.2, -0.15) is 11.8 Å². The Morgan fingerprint density at radius 3 is 2.65 bits per heavy atom. The molecule has 5 nitrogen and oxygen atoms in total. The molecule has 0 aromatic heterocycles. The monoisotopic (exact) mass is 356 g/mol. The number of carbonyl (C=O) groups excluding carboxylic acids is 1. The normalized spacial score (nSPS) is 17.7. The molecule has 1 aliphatic rings. The summed E-state index contributed by atoms with van der Waals surface area (Å²) in [6.07, 6.45) is 1.78. The smallest absolute Gasteiger partial charge is 0.245 e. The van der Waals surface area contributed by atoms with E-state index in [1.165, 1.54) is 0 Å². The molecule has 0 aliphatic carbocycles. The average molecular weight is 357 g/mol. The van der Waals surface area contributed by atoms with Crippen molar-refractivity contribution in [1.82, 2.24) is 5.32 Å². The molecule has 0 spiro atoms. The zero-order chi connectivity index (χ0) is 16.9. The number of thioether (sulfide) groups is 1. The van der Waals surface area contributed by atoms with Gasteiger partial charge in [0.1, 0.15) is 0 Å². The summed E-state index contributed by atoms with van der Waals surface area (Å²) >= 11 is 1.80. The lowest BCUT2D eigenvalue weighted by atomic mass is 9.95. The number of rotatable bonds is 6. The fourth-order valence-corrected chi connectivity index (χ4v) is 4.75. The molecule has 2 N–H and O–H groups in total. The van der Waals surface area contributed by atoms with Gasteiger partial charge in [0, 0.05) is 17.7 Å². The molecule has 1 aromatic carbocycles. The molecule has 1 aromatic rings. The summed E-state index contributed by atoms with van der Waals surface area (Å²) in [6, 6.07) is 7.61. The number of benzene rings is 1. The van der Waals surface area contributed by atoms with E-state index in [9.17, 15) is 13.2 Å². The Morgan fingerprint density at radius 1 is 1.35 bits per heavy atom. The largest absolute Gasteiger partial charge is 0.325 e. The molecule has 7 heteroatoms. The number of anilines is 1. The van der Waals surface area contributed by atoms with E-state index in [-0.39, 0.29) is 0 Å². The van der Waals surface area contributed by atoms with Gasteiger partial charge < -0.3 is 10.6 Å². The molecule has 1 aliphatic heterocycles. The molecular formula is C16H24N2O3S2. The third-order valence-corrected chi connectivity index (χ3v) is 7.15. The third-order valence-electron chi connectivity index (χ3n) is 4.19. The van der Waals surface area contributed by atoms with Crippen molar-refractivity contribution in [3.63, 3.8) is 0 Å². The van der Waals surface area contributed by atoms with E-state index in [0.29, 0.717) is 31.6 Å². The Morgan fingerprint density at radius 2 is 2.04 bits per heavy atom. The van der Waals surface area contributed by atoms with Crippen LogP contribution in [0.1, 0.15) is 25.3 Å². The van der Waals surface area contributed by atoms with Gasteiger partial charge in [-0.1, -0.05) is 19.1 Å². The summed E-state index contributed by atoms with van der Waals surface area (Å²) in [6.45, 7) is 3.17. The van der Waals surface area contributed by atoms with Crippen molar-refractivity contribution in [2.45, 2.75) is 30.3 Å². The van der Waals surface area contributed by atoms with Crippen LogP contribution in [0.2, 0.25) is 0 Å². The van der Waals surface area contributed by atoms with E-state index in [0.717, 1.165) is 23.3 Å². The van der Waals surface area contributed by atoms with Gasteiger partial charge >= 0.3 is 0 Å². The number of sulfone groups is 1. The summed E-state index contributed by atoms with van der Waals surface area (Å²) in [5, 5.41) is 5.94. The summed E-state index contributed by atoms with van der Waals surface area (Å²) < 4.78 is 23.2. The van der Waals surface area contributed by atoms with Crippen molar-refractivity contribution < 1.29 is 13.2 Å². The van der Waals surface area contributed by atoms with Crippen molar-refractivity contribution in [2.24, 2.45) is 0 Å². The number of nitrogens with one attached hydrogen (secondary N) is 2. The molecule has 2 rings (SSSR count). The number of carbonyl (C=O) groups is 1. The standard InChI is InChI=1S/C16H24N2O3S2/c1-3-22-12-13-5-4-6-14(11-13)18-15(19)16(23(2,20)21)7-9-17-10-8-16/h4-6,11,17H,3,7-10,12H2,1-2H3,(H,18,19). The highest BCUT2D eigenvalue weighted by Gasteiger charge is 2.48. The van der Waals surface area contributed by atoms with Crippen molar-refractivity contribution in [1.29, 1.82) is 0 Å². The first-order chi connectivity index (χ1) is 10.9. The first-order valence-corrected chi connectivity index (χ1v) is 10.8. The third kappa shape index (κ3) is 4.28. The highest BCUT2D eigenvalue weighted by atomic mass is 32.2. The molecule has 0 radical (unpaired) electrons. The second-order valence-corrected chi connectivity index (χ2v) is 9.41. The highest BCUT2D eigenvalue weighted by Crippen LogP contribution is 2.29. The molecule has 1 saturated heterocycles. The predicted octanol–water partition coefficient (Wildman–Crippen LogP) is 2.04. The van der Waals surface area contributed by atoms with Gasteiger partial charge in [-0.25, -0.2) is 8.42 Å². The van der Waals surface area contributed by atoms with Gasteiger partial charge in [-0.15, -0.1) is 0 Å². The second kappa shape index (κ2) is 7.68. The SMILES string of the molecule is CCSCc1cccc(NC(=O)C2(S(C)(=O)=O)CCNCC2)c1. The maximum atomic E-state index is 12.7. The van der Waals surface area contributed by atoms with Gasteiger partial charge in [-0.3, -0.25) is 4.79 Å². The lowest BCUT2D eigenvalue weighted by Crippen LogP contribution is -2.55. The maximum Gasteiger partial charge on any atom is 0.245 e. The molecule has 23 heavy (non-hydrogen) atoms. The van der Waals surface area contributed by atoms with Gasteiger partial charge in [-0.05, 0) is 49.4 Å². The van der Waals surface area contributed by atoms with E-state index < -0.39 is 20.5 Å². The second-order valence-electron chi connectivity index (χ2n) is 5.81. The Hall–Kier alpha value is -1.05. The van der Waals surface area contributed by atoms with Crippen LogP contribution < -0.4 is 10.6 Å². The average Bonchev–Trinajstić information content (AvgIpc) is 2.53.